The Bertz CT molecular complexity index is 2780. The average Bonchev–Trinajstić information content (AvgIpc) is 1.08. The summed E-state index contributed by atoms with van der Waals surface area (Å²) in [4.78, 5) is 0. The normalized spacial score (nSPS) is 14.0. The van der Waals surface area contributed by atoms with Crippen LogP contribution in [0.3, 0.4) is 0 Å². The summed E-state index contributed by atoms with van der Waals surface area (Å²) < 4.78 is 155. The van der Waals surface area contributed by atoms with Crippen molar-refractivity contribution in [3.63, 3.8) is 0 Å². The first-order valence-corrected chi connectivity index (χ1v) is 35.7. The molecule has 0 fully saturated rings. The van der Waals surface area contributed by atoms with E-state index in [0.717, 1.165) is 95.4 Å². The van der Waals surface area contributed by atoms with Crippen LogP contribution in [0.2, 0.25) is 0 Å². The van der Waals surface area contributed by atoms with Crippen molar-refractivity contribution in [2.24, 2.45) is 0 Å². The molecule has 0 atom stereocenters. The van der Waals surface area contributed by atoms with Gasteiger partial charge in [0.1, 0.15) is 59.2 Å². The van der Waals surface area contributed by atoms with Crippen LogP contribution in [0.15, 0.2) is 98.1 Å². The zero-order valence-electron chi connectivity index (χ0n) is 52.3. The van der Waals surface area contributed by atoms with E-state index in [1.807, 2.05) is 0 Å². The number of rotatable bonds is 32. The summed E-state index contributed by atoms with van der Waals surface area (Å²) in [6.07, 6.45) is 40.9. The fourth-order valence-electron chi connectivity index (χ4n) is 10.7. The van der Waals surface area contributed by atoms with Gasteiger partial charge in [0, 0.05) is 47.9 Å². The Balaban J connectivity index is 0.000000899. The molecule has 88 heavy (non-hydrogen) atoms. The number of fused-ring (bicyclic) bond motifs is 8. The summed E-state index contributed by atoms with van der Waals surface area (Å²) in [5, 5.41) is 0. The van der Waals surface area contributed by atoms with E-state index in [4.69, 9.17) is 18.9 Å². The van der Waals surface area contributed by atoms with Crippen molar-refractivity contribution >= 4 is 15.6 Å². The zero-order chi connectivity index (χ0) is 64.6. The Labute approximate surface area is 513 Å². The van der Waals surface area contributed by atoms with Crippen molar-refractivity contribution in [3.8, 4) is 34.4 Å². The molecule has 22 heteroatoms. The molecule has 2 aromatic heterocycles. The number of nitrogens with zero attached hydrogens (tertiary/aromatic N) is 4. The molecule has 7 rings (SSSR count). The topological polar surface area (TPSA) is 54.5 Å². The fraction of sp³-hybridized carbons (Fsp3) is 0.545. The van der Waals surface area contributed by atoms with Crippen LogP contribution in [-0.4, -0.2) is 35.6 Å². The molecule has 6 aromatic rings. The van der Waals surface area contributed by atoms with E-state index >= 15 is 0 Å². The molecule has 0 N–H and O–H groups in total. The van der Waals surface area contributed by atoms with Gasteiger partial charge >= 0.3 is 66.0 Å². The molecule has 0 radical (unpaired) electrons. The zero-order valence-corrected chi connectivity index (χ0v) is 54.1. The van der Waals surface area contributed by atoms with Gasteiger partial charge in [-0.2, -0.15) is 0 Å². The molecular weight excluding hydrogens is 1200 g/mol. The summed E-state index contributed by atoms with van der Waals surface area (Å²) >= 11 is 0. The second-order valence-electron chi connectivity index (χ2n) is 23.1. The molecule has 8 nitrogen and oxygen atoms in total. The van der Waals surface area contributed by atoms with Gasteiger partial charge in [0.15, 0.2) is 0 Å². The quantitative estimate of drug-likeness (QED) is 0.0182. The first-order valence-electron chi connectivity index (χ1n) is 31.7. The number of aromatic nitrogens is 4. The van der Waals surface area contributed by atoms with E-state index < -0.39 is 15.6 Å². The number of ether oxygens (including phenoxy) is 4. The van der Waals surface area contributed by atoms with Gasteiger partial charge in [0.2, 0.25) is 12.7 Å². The number of imidazole rings is 2. The molecule has 2 heterocycles. The van der Waals surface area contributed by atoms with Crippen LogP contribution in [0.5, 0.6) is 23.0 Å². The molecule has 0 amide bonds. The van der Waals surface area contributed by atoms with Crippen LogP contribution < -0.4 is 28.1 Å². The van der Waals surface area contributed by atoms with E-state index in [2.05, 4.69) is 158 Å². The fourth-order valence-corrected chi connectivity index (χ4v) is 10.7. The van der Waals surface area contributed by atoms with Crippen LogP contribution in [-0.2, 0) is 38.8 Å². The molecule has 1 aliphatic carbocycles. The minimum absolute atomic E-state index is 0.637. The van der Waals surface area contributed by atoms with E-state index in [-0.39, 0.29) is 0 Å². The van der Waals surface area contributed by atoms with Gasteiger partial charge in [-0.05, 0) is 97.9 Å². The molecule has 1 aliphatic rings. The van der Waals surface area contributed by atoms with Gasteiger partial charge in [-0.3, -0.25) is 0 Å². The number of aryl methyl sites for hydroxylation is 2. The van der Waals surface area contributed by atoms with Gasteiger partial charge in [-0.1, -0.05) is 155 Å². The second kappa shape index (κ2) is 32.0. The number of halogens is 12. The monoisotopic (exact) mass is 1300 g/mol. The number of para-hydroxylation sites is 2. The molecule has 0 saturated carbocycles. The standard InChI is InChI=1S/C66H94N4O4.2F6P/c1-7-13-15-17-19-21-23-25-33-67-35-37-69(51-67)61-47-57-43-53-29-27-31-55(63(53)71-39-9-3)45-59-49-62(70-38-36-68(52-70)34-26-24-22-20-18-16-14-8-2)50-60(66(59)74-42-12-6)46-56-32-28-30-54(64(56)72-40-10-4)44-58(48-61)65(57)73-41-11-5;2*1-7(2,3,4,5)6/h27-32,35-38,47-52H,7-26,33-34,39-46H2,1-6H3;;/q+2;2*-1. The predicted molar refractivity (Wildman–Crippen MR) is 332 cm³/mol. The molecule has 0 saturated heterocycles. The Morgan fingerprint density at radius 2 is 0.580 bits per heavy atom. The Kier molecular flexibility index (Phi) is 26.6. The molecule has 8 bridgehead atoms. The summed E-state index contributed by atoms with van der Waals surface area (Å²) in [6.45, 7) is 18.0. The van der Waals surface area contributed by atoms with Crippen LogP contribution in [0.25, 0.3) is 11.4 Å². The molecule has 0 unspecified atom stereocenters. The molecule has 496 valence electrons. The van der Waals surface area contributed by atoms with Crippen molar-refractivity contribution in [2.45, 2.75) is 209 Å². The Morgan fingerprint density at radius 3 is 0.830 bits per heavy atom. The Hall–Kier alpha value is -5.48. The maximum absolute atomic E-state index is 10.7. The SMILES string of the molecule is CCCCCCCCCC[n+]1ccn(-c2cc3c(OCCC)c(c2)Cc2cccc(c2OCCC)Cc2cc(-n4cc[n+](CCCCCCCCCC)c4)cc(c2OCCC)Cc2cccc(c2OCCC)C3)c1.F[P-](F)(F)(F)(F)F.F[P-](F)(F)(F)(F)F. The van der Waals surface area contributed by atoms with E-state index in [9.17, 15) is 50.4 Å². The molecule has 0 spiro atoms. The number of hydrogen-bond acceptors (Lipinski definition) is 4. The van der Waals surface area contributed by atoms with Crippen LogP contribution in [0, 0.1) is 0 Å². The van der Waals surface area contributed by atoms with Crippen LogP contribution in [0.4, 0.5) is 50.4 Å². The maximum atomic E-state index is 9.87. The third-order valence-electron chi connectivity index (χ3n) is 14.7. The summed E-state index contributed by atoms with van der Waals surface area (Å²) in [6, 6.07) is 23.0. The molecule has 0 aliphatic heterocycles. The van der Waals surface area contributed by atoms with Crippen LogP contribution >= 0.6 is 15.6 Å². The van der Waals surface area contributed by atoms with Crippen molar-refractivity contribution in [2.75, 3.05) is 26.4 Å². The predicted octanol–water partition coefficient (Wildman–Crippen LogP) is 22.7. The number of benzene rings is 4. The van der Waals surface area contributed by atoms with E-state index in [0.29, 0.717) is 52.1 Å². The van der Waals surface area contributed by atoms with Crippen molar-refractivity contribution < 1.29 is 78.4 Å². The number of unbranched alkanes of at least 4 members (excludes halogenated alkanes) is 14. The van der Waals surface area contributed by atoms with Gasteiger partial charge in [0.25, 0.3) is 0 Å². The van der Waals surface area contributed by atoms with E-state index in [1.54, 1.807) is 0 Å². The summed E-state index contributed by atoms with van der Waals surface area (Å²) in [5.74, 6) is 3.88. The van der Waals surface area contributed by atoms with Crippen molar-refractivity contribution in [1.29, 1.82) is 0 Å². The van der Waals surface area contributed by atoms with Gasteiger partial charge < -0.3 is 18.9 Å². The minimum atomic E-state index is -10.7. The van der Waals surface area contributed by atoms with Crippen LogP contribution in [0.1, 0.15) is 214 Å². The third-order valence-corrected chi connectivity index (χ3v) is 14.7. The average molecular weight is 1300 g/mol. The second-order valence-corrected chi connectivity index (χ2v) is 26.9. The first-order chi connectivity index (χ1) is 41.4. The molecule has 4 aromatic carbocycles. The summed E-state index contributed by atoms with van der Waals surface area (Å²) in [5.41, 5.74) is 11.6. The third kappa shape index (κ3) is 29.0. The Morgan fingerprint density at radius 1 is 0.341 bits per heavy atom. The van der Waals surface area contributed by atoms with Crippen molar-refractivity contribution in [1.82, 2.24) is 9.13 Å². The van der Waals surface area contributed by atoms with E-state index in [1.165, 1.54) is 125 Å². The van der Waals surface area contributed by atoms with Gasteiger partial charge in [-0.15, -0.1) is 0 Å². The first kappa shape index (κ1) is 73.3. The van der Waals surface area contributed by atoms with Gasteiger partial charge in [0.05, 0.1) is 39.5 Å². The van der Waals surface area contributed by atoms with Crippen molar-refractivity contribution in [3.05, 3.63) is 143 Å². The summed E-state index contributed by atoms with van der Waals surface area (Å²) in [7, 11) is -21.3. The molecular formula is C66H94F12N4O4P2. The number of hydrogen-bond donors (Lipinski definition) is 0. The van der Waals surface area contributed by atoms with Gasteiger partial charge in [-0.25, -0.2) is 18.3 Å².